The van der Waals surface area contributed by atoms with E-state index in [0.29, 0.717) is 22.6 Å². The van der Waals surface area contributed by atoms with Crippen LogP contribution in [0.3, 0.4) is 0 Å². The van der Waals surface area contributed by atoms with Crippen molar-refractivity contribution in [1.82, 2.24) is 9.88 Å². The van der Waals surface area contributed by atoms with E-state index in [2.05, 4.69) is 0 Å². The number of aromatic nitrogens is 1. The highest BCUT2D eigenvalue weighted by Gasteiger charge is 2.37. The SMILES string of the molecule is CC1Oc2ccc(-c3csc(-c4ccccc4)n3)cc2N(CCN2C(=O)c3ccccc3C2=O)C1=O. The zero-order valence-electron chi connectivity index (χ0n) is 19.4. The summed E-state index contributed by atoms with van der Waals surface area (Å²) in [6, 6.07) is 22.4. The van der Waals surface area contributed by atoms with Crippen molar-refractivity contribution in [1.29, 1.82) is 0 Å². The van der Waals surface area contributed by atoms with Gasteiger partial charge in [0.05, 0.1) is 22.5 Å². The molecule has 2 aliphatic heterocycles. The first-order chi connectivity index (χ1) is 17.5. The molecule has 0 bridgehead atoms. The summed E-state index contributed by atoms with van der Waals surface area (Å²) in [7, 11) is 0. The van der Waals surface area contributed by atoms with Crippen LogP contribution < -0.4 is 9.64 Å². The van der Waals surface area contributed by atoms with Crippen LogP contribution in [0.2, 0.25) is 0 Å². The number of nitrogens with zero attached hydrogens (tertiary/aromatic N) is 3. The Balaban J connectivity index is 1.28. The Kier molecular flexibility index (Phi) is 5.38. The molecule has 0 saturated carbocycles. The molecule has 4 aromatic rings. The van der Waals surface area contributed by atoms with E-state index in [-0.39, 0.29) is 30.8 Å². The highest BCUT2D eigenvalue weighted by Crippen LogP contribution is 2.38. The summed E-state index contributed by atoms with van der Waals surface area (Å²) in [5, 5.41) is 2.90. The molecule has 3 amide bonds. The summed E-state index contributed by atoms with van der Waals surface area (Å²) in [6.07, 6.45) is -0.672. The standard InChI is InChI=1S/C28H21N3O4S/c1-17-26(32)30(13-14-31-27(33)20-9-5-6-10-21(20)28(31)34)23-15-19(11-12-24(23)35-17)22-16-36-25(29-22)18-7-3-2-4-8-18/h2-12,15-17H,13-14H2,1H3. The Labute approximate surface area is 211 Å². The smallest absolute Gasteiger partial charge is 0.267 e. The number of imide groups is 1. The molecule has 8 heteroatoms. The van der Waals surface area contributed by atoms with Crippen molar-refractivity contribution in [3.05, 3.63) is 89.3 Å². The lowest BCUT2D eigenvalue weighted by Gasteiger charge is -2.34. The van der Waals surface area contributed by atoms with Gasteiger partial charge in [-0.3, -0.25) is 19.3 Å². The van der Waals surface area contributed by atoms with Crippen molar-refractivity contribution >= 4 is 34.7 Å². The minimum Gasteiger partial charge on any atom is -0.479 e. The number of rotatable bonds is 5. The molecule has 178 valence electrons. The van der Waals surface area contributed by atoms with Gasteiger partial charge in [-0.05, 0) is 37.3 Å². The molecule has 1 atom stereocenters. The third kappa shape index (κ3) is 3.67. The van der Waals surface area contributed by atoms with Crippen molar-refractivity contribution in [2.24, 2.45) is 0 Å². The lowest BCUT2D eigenvalue weighted by molar-refractivity contribution is -0.125. The van der Waals surface area contributed by atoms with Gasteiger partial charge < -0.3 is 9.64 Å². The summed E-state index contributed by atoms with van der Waals surface area (Å²) in [6.45, 7) is 1.95. The second-order valence-corrected chi connectivity index (χ2v) is 9.50. The minimum atomic E-state index is -0.672. The molecule has 7 nitrogen and oxygen atoms in total. The van der Waals surface area contributed by atoms with E-state index in [0.717, 1.165) is 21.8 Å². The van der Waals surface area contributed by atoms with Gasteiger partial charge in [-0.25, -0.2) is 4.98 Å². The average molecular weight is 496 g/mol. The molecule has 1 aromatic heterocycles. The van der Waals surface area contributed by atoms with Crippen LogP contribution in [0.1, 0.15) is 27.6 Å². The minimum absolute atomic E-state index is 0.0866. The lowest BCUT2D eigenvalue weighted by atomic mass is 10.1. The van der Waals surface area contributed by atoms with Crippen molar-refractivity contribution < 1.29 is 19.1 Å². The molecule has 6 rings (SSSR count). The molecular weight excluding hydrogens is 474 g/mol. The number of carbonyl (C=O) groups is 3. The van der Waals surface area contributed by atoms with Gasteiger partial charge in [-0.1, -0.05) is 42.5 Å². The van der Waals surface area contributed by atoms with Crippen LogP contribution in [0.4, 0.5) is 5.69 Å². The van der Waals surface area contributed by atoms with E-state index in [1.54, 1.807) is 47.4 Å². The van der Waals surface area contributed by atoms with Gasteiger partial charge in [-0.2, -0.15) is 0 Å². The van der Waals surface area contributed by atoms with Crippen LogP contribution in [0.25, 0.3) is 21.8 Å². The Hall–Kier alpha value is -4.30. The molecule has 0 N–H and O–H groups in total. The Morgan fingerprint density at radius 2 is 1.50 bits per heavy atom. The summed E-state index contributed by atoms with van der Waals surface area (Å²) in [5.74, 6) is -0.324. The number of hydrogen-bond donors (Lipinski definition) is 0. The lowest BCUT2D eigenvalue weighted by Crippen LogP contribution is -2.48. The summed E-state index contributed by atoms with van der Waals surface area (Å²) >= 11 is 1.55. The maximum absolute atomic E-state index is 13.1. The molecule has 0 spiro atoms. The molecule has 0 aliphatic carbocycles. The predicted octanol–water partition coefficient (Wildman–Crippen LogP) is 4.89. The van der Waals surface area contributed by atoms with Crippen LogP contribution in [-0.2, 0) is 4.79 Å². The first-order valence-corrected chi connectivity index (χ1v) is 12.5. The van der Waals surface area contributed by atoms with Crippen molar-refractivity contribution in [3.63, 3.8) is 0 Å². The third-order valence-electron chi connectivity index (χ3n) is 6.41. The van der Waals surface area contributed by atoms with E-state index in [9.17, 15) is 14.4 Å². The Morgan fingerprint density at radius 1 is 0.833 bits per heavy atom. The largest absolute Gasteiger partial charge is 0.479 e. The summed E-state index contributed by atoms with van der Waals surface area (Å²) < 4.78 is 5.85. The number of benzene rings is 3. The van der Waals surface area contributed by atoms with E-state index in [1.165, 1.54) is 4.90 Å². The van der Waals surface area contributed by atoms with Gasteiger partial charge in [0.2, 0.25) is 0 Å². The Bertz CT molecular complexity index is 1480. The molecule has 3 aromatic carbocycles. The van der Waals surface area contributed by atoms with Gasteiger partial charge in [0.15, 0.2) is 6.10 Å². The van der Waals surface area contributed by atoms with Crippen molar-refractivity contribution in [2.45, 2.75) is 13.0 Å². The summed E-state index contributed by atoms with van der Waals surface area (Å²) in [4.78, 5) is 46.3. The topological polar surface area (TPSA) is 79.8 Å². The fourth-order valence-electron chi connectivity index (χ4n) is 4.56. The molecule has 36 heavy (non-hydrogen) atoms. The Morgan fingerprint density at radius 3 is 2.22 bits per heavy atom. The number of thiazole rings is 1. The highest BCUT2D eigenvalue weighted by atomic mass is 32.1. The highest BCUT2D eigenvalue weighted by molar-refractivity contribution is 7.13. The molecule has 0 fully saturated rings. The van der Waals surface area contributed by atoms with Crippen molar-refractivity contribution in [2.75, 3.05) is 18.0 Å². The second-order valence-electron chi connectivity index (χ2n) is 8.64. The molecule has 1 unspecified atom stereocenters. The number of ether oxygens (including phenoxy) is 1. The number of amides is 3. The van der Waals surface area contributed by atoms with Gasteiger partial charge in [-0.15, -0.1) is 11.3 Å². The average Bonchev–Trinajstić information content (AvgIpc) is 3.49. The quantitative estimate of drug-likeness (QED) is 0.369. The third-order valence-corrected chi connectivity index (χ3v) is 7.30. The molecular formula is C28H21N3O4S. The molecule has 2 aliphatic rings. The van der Waals surface area contributed by atoms with Crippen LogP contribution in [0.5, 0.6) is 5.75 Å². The zero-order valence-corrected chi connectivity index (χ0v) is 20.2. The van der Waals surface area contributed by atoms with Gasteiger partial charge in [0.25, 0.3) is 17.7 Å². The normalized spacial score (nSPS) is 16.7. The maximum Gasteiger partial charge on any atom is 0.267 e. The van der Waals surface area contributed by atoms with Crippen LogP contribution in [0, 0.1) is 0 Å². The zero-order chi connectivity index (χ0) is 24.8. The monoisotopic (exact) mass is 495 g/mol. The number of carbonyl (C=O) groups excluding carboxylic acids is 3. The van der Waals surface area contributed by atoms with Gasteiger partial charge in [0, 0.05) is 29.6 Å². The fraction of sp³-hybridized carbons (Fsp3) is 0.143. The van der Waals surface area contributed by atoms with E-state index < -0.39 is 6.10 Å². The maximum atomic E-state index is 13.1. The number of fused-ring (bicyclic) bond motifs is 2. The van der Waals surface area contributed by atoms with Crippen molar-refractivity contribution in [3.8, 4) is 27.6 Å². The fourth-order valence-corrected chi connectivity index (χ4v) is 5.39. The van der Waals surface area contributed by atoms with Gasteiger partial charge in [0.1, 0.15) is 10.8 Å². The van der Waals surface area contributed by atoms with Crippen LogP contribution in [0.15, 0.2) is 78.2 Å². The molecule has 0 saturated heterocycles. The summed E-state index contributed by atoms with van der Waals surface area (Å²) in [5.41, 5.74) is 4.08. The number of anilines is 1. The first-order valence-electron chi connectivity index (χ1n) is 11.6. The first kappa shape index (κ1) is 22.2. The van der Waals surface area contributed by atoms with E-state index in [1.807, 2.05) is 53.9 Å². The van der Waals surface area contributed by atoms with E-state index in [4.69, 9.17) is 9.72 Å². The second kappa shape index (κ2) is 8.73. The molecule has 0 radical (unpaired) electrons. The van der Waals surface area contributed by atoms with Crippen LogP contribution in [-0.4, -0.2) is 46.8 Å². The predicted molar refractivity (Wildman–Crippen MR) is 137 cm³/mol. The van der Waals surface area contributed by atoms with E-state index >= 15 is 0 Å². The van der Waals surface area contributed by atoms with Gasteiger partial charge >= 0.3 is 0 Å². The number of hydrogen-bond acceptors (Lipinski definition) is 6. The van der Waals surface area contributed by atoms with Crippen LogP contribution >= 0.6 is 11.3 Å². The molecule has 3 heterocycles.